The van der Waals surface area contributed by atoms with E-state index in [4.69, 9.17) is 53.0 Å². The standard InChI is InChI=1S/C7H15NO4P2.C4H8O.3ClH.Cr/c1-7(2)8(13-9-3-4-10-13)14-11-5-6-12-14;1-2-4-5-3-1;;;;/h7H,3-6H2,1-2H3;1-4H2;3*1H;/q;;;;;+3/p-1. The normalized spacial score (nSPS) is 22.4. The quantitative estimate of drug-likeness (QED) is 0.562. The van der Waals surface area contributed by atoms with Gasteiger partial charge in [-0.15, -0.1) is 0 Å². The van der Waals surface area contributed by atoms with Crippen LogP contribution in [0, 0.1) is 0 Å². The van der Waals surface area contributed by atoms with Gasteiger partial charge in [0.25, 0.3) is 0 Å². The van der Waals surface area contributed by atoms with Gasteiger partial charge in [0.05, 0.1) is 6.04 Å². The van der Waals surface area contributed by atoms with Crippen LogP contribution in [0.2, 0.25) is 0 Å². The predicted octanol–water partition coefficient (Wildman–Crippen LogP) is 4.57. The zero-order valence-corrected chi connectivity index (χ0v) is 18.8. The molecule has 0 aromatic heterocycles. The number of hydrogen-bond acceptors (Lipinski definition) is 6. The summed E-state index contributed by atoms with van der Waals surface area (Å²) in [6.07, 6.45) is 2.56. The first-order valence-electron chi connectivity index (χ1n) is 7.37. The Hall–Kier alpha value is 2.02. The molecule has 3 rings (SSSR count). The van der Waals surface area contributed by atoms with Gasteiger partial charge in [-0.1, -0.05) is 0 Å². The van der Waals surface area contributed by atoms with Crippen LogP contribution in [-0.2, 0) is 34.2 Å². The molecule has 0 aromatic carbocycles. The Morgan fingerprint density at radius 3 is 1.35 bits per heavy atom. The molecule has 3 aliphatic heterocycles. The van der Waals surface area contributed by atoms with E-state index in [0.29, 0.717) is 32.5 Å². The van der Waals surface area contributed by atoms with E-state index in [1.807, 2.05) is 0 Å². The molecule has 3 aliphatic rings. The van der Waals surface area contributed by atoms with E-state index in [1.165, 1.54) is 12.8 Å². The van der Waals surface area contributed by atoms with Crippen LogP contribution in [0.3, 0.4) is 0 Å². The molecule has 12 heteroatoms. The van der Waals surface area contributed by atoms with Gasteiger partial charge in [-0.2, -0.15) is 18.1 Å². The van der Waals surface area contributed by atoms with Crippen LogP contribution >= 0.6 is 47.2 Å². The second-order valence-corrected chi connectivity index (χ2v) is 14.8. The van der Waals surface area contributed by atoms with Gasteiger partial charge in [0.15, 0.2) is 0 Å². The summed E-state index contributed by atoms with van der Waals surface area (Å²) in [5.74, 6) is 0. The zero-order valence-electron chi connectivity index (χ0n) is 13.3. The van der Waals surface area contributed by atoms with Gasteiger partial charge in [0, 0.05) is 17.7 Å². The van der Waals surface area contributed by atoms with E-state index in [1.54, 1.807) is 0 Å². The molecule has 0 bridgehead atoms. The van der Waals surface area contributed by atoms with E-state index >= 15 is 0 Å². The molecule has 3 fully saturated rings. The molecule has 139 valence electrons. The van der Waals surface area contributed by atoms with Crippen LogP contribution in [0.4, 0.5) is 0 Å². The topological polar surface area (TPSA) is 49.4 Å². The van der Waals surface area contributed by atoms with Gasteiger partial charge < -0.3 is 4.74 Å². The summed E-state index contributed by atoms with van der Waals surface area (Å²) >= 11 is -1.62. The third kappa shape index (κ3) is 10.7. The Morgan fingerprint density at radius 1 is 0.783 bits per heavy atom. The summed E-state index contributed by atoms with van der Waals surface area (Å²) < 4.78 is 29.3. The number of nitrogens with zero attached hydrogens (tertiary/aromatic N) is 1. The molecular weight excluding hydrogens is 446 g/mol. The minimum atomic E-state index is -1.62. The van der Waals surface area contributed by atoms with Crippen molar-refractivity contribution in [2.45, 2.75) is 32.7 Å². The van der Waals surface area contributed by atoms with Crippen molar-refractivity contribution in [1.29, 1.82) is 0 Å². The van der Waals surface area contributed by atoms with Crippen molar-refractivity contribution in [3.05, 3.63) is 0 Å². The third-order valence-electron chi connectivity index (χ3n) is 2.81. The molecule has 0 aromatic rings. The molecule has 3 heterocycles. The molecule has 6 nitrogen and oxygen atoms in total. The number of hydrogen-bond donors (Lipinski definition) is 0. The Balaban J connectivity index is 0.000000242. The molecule has 0 aliphatic carbocycles. The second kappa shape index (κ2) is 14.1. The summed E-state index contributed by atoms with van der Waals surface area (Å²) in [4.78, 5) is 0. The Morgan fingerprint density at radius 2 is 1.13 bits per heavy atom. The fourth-order valence-corrected chi connectivity index (χ4v) is 5.85. The van der Waals surface area contributed by atoms with Crippen LogP contribution in [-0.4, -0.2) is 50.1 Å². The van der Waals surface area contributed by atoms with Gasteiger partial charge in [0.2, 0.25) is 0 Å². The third-order valence-corrected chi connectivity index (χ3v) is 7.53. The predicted molar refractivity (Wildman–Crippen MR) is 95.0 cm³/mol. The molecule has 0 spiro atoms. The van der Waals surface area contributed by atoms with Crippen molar-refractivity contribution in [1.82, 2.24) is 4.44 Å². The molecule has 0 atom stereocenters. The van der Waals surface area contributed by atoms with Gasteiger partial charge in [-0.3, -0.25) is 0 Å². The maximum atomic E-state index is 5.56. The van der Waals surface area contributed by atoms with Crippen molar-refractivity contribution in [2.75, 3.05) is 39.6 Å². The van der Waals surface area contributed by atoms with Crippen molar-refractivity contribution in [3.63, 3.8) is 0 Å². The maximum absolute atomic E-state index is 5.56. The van der Waals surface area contributed by atoms with Crippen LogP contribution in [0.5, 0.6) is 0 Å². The summed E-state index contributed by atoms with van der Waals surface area (Å²) in [6.45, 7) is 9.04. The van der Waals surface area contributed by atoms with Crippen LogP contribution in [0.1, 0.15) is 26.7 Å². The summed E-state index contributed by atoms with van der Waals surface area (Å²) in [5, 5.41) is 0. The molecule has 0 radical (unpaired) electrons. The van der Waals surface area contributed by atoms with Gasteiger partial charge in [-0.05, 0) is 26.7 Å². The first-order chi connectivity index (χ1) is 11.0. The first-order valence-corrected chi connectivity index (χ1v) is 15.2. The summed E-state index contributed by atoms with van der Waals surface area (Å²) in [7, 11) is 12.2. The first kappa shape index (κ1) is 23.1. The fourth-order valence-electron chi connectivity index (χ4n) is 1.88. The molecular formula is C11H25Cl3CrNO5P2+2. The van der Waals surface area contributed by atoms with Crippen molar-refractivity contribution in [2.24, 2.45) is 0 Å². The number of halogens is 3. The molecule has 0 N–H and O–H groups in total. The molecule has 0 unspecified atom stereocenters. The average molecular weight is 472 g/mol. The molecule has 0 amide bonds. The van der Waals surface area contributed by atoms with Gasteiger partial charge >= 0.3 is 58.6 Å². The summed E-state index contributed by atoms with van der Waals surface area (Å²) in [5.41, 5.74) is 0. The van der Waals surface area contributed by atoms with E-state index in [0.717, 1.165) is 13.2 Å². The van der Waals surface area contributed by atoms with Crippen LogP contribution in [0.25, 0.3) is 0 Å². The fraction of sp³-hybridized carbons (Fsp3) is 1.00. The van der Waals surface area contributed by atoms with E-state index in [2.05, 4.69) is 18.3 Å². The van der Waals surface area contributed by atoms with E-state index < -0.39 is 28.4 Å². The number of ether oxygens (including phenoxy) is 1. The second-order valence-electron chi connectivity index (χ2n) is 4.88. The zero-order chi connectivity index (χ0) is 17.1. The molecule has 3 saturated heterocycles. The van der Waals surface area contributed by atoms with Crippen LogP contribution < -0.4 is 0 Å². The van der Waals surface area contributed by atoms with Gasteiger partial charge in [-0.25, -0.2) is 0 Å². The monoisotopic (exact) mass is 470 g/mol. The van der Waals surface area contributed by atoms with Crippen molar-refractivity contribution < 1.29 is 34.2 Å². The van der Waals surface area contributed by atoms with Crippen LogP contribution in [0.15, 0.2) is 0 Å². The average Bonchev–Trinajstić information content (AvgIpc) is 3.25. The van der Waals surface area contributed by atoms with E-state index in [9.17, 15) is 0 Å². The van der Waals surface area contributed by atoms with Crippen molar-refractivity contribution in [3.8, 4) is 0 Å². The Bertz CT molecular complexity index is 270. The Labute approximate surface area is 157 Å². The van der Waals surface area contributed by atoms with Gasteiger partial charge in [0.1, 0.15) is 26.4 Å². The SMILES string of the molecule is C1CCOC1.CC(C)N([PH+]1OCCO1)[PH+]1OCCO1.[Cl][Cr]([Cl])[Cl]. The summed E-state index contributed by atoms with van der Waals surface area (Å²) in [6, 6.07) is 0.356. The number of rotatable bonds is 3. The minimum absolute atomic E-state index is 0.356. The van der Waals surface area contributed by atoms with Crippen molar-refractivity contribution >= 4 is 47.2 Å². The molecule has 23 heavy (non-hydrogen) atoms. The Kier molecular flexibility index (Phi) is 14.2. The van der Waals surface area contributed by atoms with E-state index in [-0.39, 0.29) is 0 Å². The molecule has 0 saturated carbocycles.